The smallest absolute Gasteiger partial charge is 0.295 e. The van der Waals surface area contributed by atoms with Gasteiger partial charge >= 0.3 is 0 Å². The standard InChI is InChI=1S/C20H17N5O2/c1-13-7-9-15(10-8-13)27-17-6-4-3-5-16(17)22-19(26)18-23-20-21-12-11-14(2)25(20)24-18/h3-12H,1-2H3,(H,22,26). The summed E-state index contributed by atoms with van der Waals surface area (Å²) in [6, 6.07) is 16.7. The van der Waals surface area contributed by atoms with E-state index in [0.29, 0.717) is 23.0 Å². The highest BCUT2D eigenvalue weighted by atomic mass is 16.5. The summed E-state index contributed by atoms with van der Waals surface area (Å²) in [5.74, 6) is 1.21. The van der Waals surface area contributed by atoms with E-state index in [9.17, 15) is 4.79 Å². The van der Waals surface area contributed by atoms with E-state index in [0.717, 1.165) is 11.3 Å². The molecule has 0 aliphatic heterocycles. The predicted octanol–water partition coefficient (Wildman–Crippen LogP) is 3.79. The van der Waals surface area contributed by atoms with Gasteiger partial charge in [0.15, 0.2) is 5.75 Å². The summed E-state index contributed by atoms with van der Waals surface area (Å²) in [6.07, 6.45) is 1.63. The van der Waals surface area contributed by atoms with Gasteiger partial charge in [0, 0.05) is 11.9 Å². The Kier molecular flexibility index (Phi) is 4.25. The van der Waals surface area contributed by atoms with Gasteiger partial charge in [-0.05, 0) is 44.2 Å². The molecule has 1 N–H and O–H groups in total. The van der Waals surface area contributed by atoms with Crippen molar-refractivity contribution in [1.82, 2.24) is 19.6 Å². The second-order valence-corrected chi connectivity index (χ2v) is 6.10. The van der Waals surface area contributed by atoms with Crippen LogP contribution in [0.1, 0.15) is 21.9 Å². The molecule has 4 aromatic rings. The first-order valence-electron chi connectivity index (χ1n) is 8.43. The fraction of sp³-hybridized carbons (Fsp3) is 0.100. The molecule has 0 saturated heterocycles. The number of hydrogen-bond acceptors (Lipinski definition) is 5. The number of aryl methyl sites for hydroxylation is 2. The van der Waals surface area contributed by atoms with Crippen LogP contribution in [0.4, 0.5) is 5.69 Å². The fourth-order valence-electron chi connectivity index (χ4n) is 2.57. The van der Waals surface area contributed by atoms with Crippen molar-refractivity contribution in [2.75, 3.05) is 5.32 Å². The van der Waals surface area contributed by atoms with Crippen molar-refractivity contribution in [2.45, 2.75) is 13.8 Å². The monoisotopic (exact) mass is 359 g/mol. The molecule has 0 unspecified atom stereocenters. The number of nitrogens with one attached hydrogen (secondary N) is 1. The van der Waals surface area contributed by atoms with E-state index >= 15 is 0 Å². The van der Waals surface area contributed by atoms with Gasteiger partial charge < -0.3 is 10.1 Å². The number of carbonyl (C=O) groups excluding carboxylic acids is 1. The van der Waals surface area contributed by atoms with E-state index in [1.54, 1.807) is 24.4 Å². The minimum atomic E-state index is -0.431. The molecule has 2 heterocycles. The van der Waals surface area contributed by atoms with Crippen LogP contribution in [0.3, 0.4) is 0 Å². The summed E-state index contributed by atoms with van der Waals surface area (Å²) >= 11 is 0. The average Bonchev–Trinajstić information content (AvgIpc) is 3.11. The molecule has 0 aliphatic carbocycles. The SMILES string of the molecule is Cc1ccc(Oc2ccccc2NC(=O)c2nc3nccc(C)n3n2)cc1. The van der Waals surface area contributed by atoms with Crippen molar-refractivity contribution in [3.05, 3.63) is 77.9 Å². The normalized spacial score (nSPS) is 10.7. The Morgan fingerprint density at radius 2 is 1.81 bits per heavy atom. The zero-order chi connectivity index (χ0) is 18.8. The summed E-state index contributed by atoms with van der Waals surface area (Å²) in [7, 11) is 0. The van der Waals surface area contributed by atoms with Crippen molar-refractivity contribution in [1.29, 1.82) is 0 Å². The number of fused-ring (bicyclic) bond motifs is 1. The number of amides is 1. The van der Waals surface area contributed by atoms with E-state index in [2.05, 4.69) is 20.4 Å². The molecular formula is C20H17N5O2. The second kappa shape index (κ2) is 6.87. The van der Waals surface area contributed by atoms with Gasteiger partial charge in [-0.2, -0.15) is 4.98 Å². The molecule has 7 nitrogen and oxygen atoms in total. The number of ether oxygens (including phenoxy) is 1. The largest absolute Gasteiger partial charge is 0.455 e. The fourth-order valence-corrected chi connectivity index (χ4v) is 2.57. The summed E-state index contributed by atoms with van der Waals surface area (Å²) < 4.78 is 7.44. The van der Waals surface area contributed by atoms with E-state index in [1.807, 2.05) is 50.2 Å². The Balaban J connectivity index is 1.59. The molecule has 0 saturated carbocycles. The molecule has 2 aromatic carbocycles. The highest BCUT2D eigenvalue weighted by Crippen LogP contribution is 2.29. The molecular weight excluding hydrogens is 342 g/mol. The Labute approximate surface area is 155 Å². The molecule has 0 radical (unpaired) electrons. The van der Waals surface area contributed by atoms with Gasteiger partial charge in [-0.25, -0.2) is 9.50 Å². The van der Waals surface area contributed by atoms with E-state index in [1.165, 1.54) is 4.52 Å². The van der Waals surface area contributed by atoms with Crippen molar-refractivity contribution in [3.8, 4) is 11.5 Å². The summed E-state index contributed by atoms with van der Waals surface area (Å²) in [6.45, 7) is 3.88. The molecule has 4 rings (SSSR count). The van der Waals surface area contributed by atoms with Crippen molar-refractivity contribution in [3.63, 3.8) is 0 Å². The van der Waals surface area contributed by atoms with Gasteiger partial charge in [0.05, 0.1) is 5.69 Å². The summed E-state index contributed by atoms with van der Waals surface area (Å²) in [5.41, 5.74) is 2.52. The van der Waals surface area contributed by atoms with Gasteiger partial charge in [-0.3, -0.25) is 4.79 Å². The molecule has 1 amide bonds. The van der Waals surface area contributed by atoms with Gasteiger partial charge in [0.1, 0.15) is 5.75 Å². The highest BCUT2D eigenvalue weighted by Gasteiger charge is 2.16. The number of benzene rings is 2. The maximum atomic E-state index is 12.6. The first-order valence-corrected chi connectivity index (χ1v) is 8.43. The molecule has 0 atom stereocenters. The third-order valence-corrected chi connectivity index (χ3v) is 4.02. The summed E-state index contributed by atoms with van der Waals surface area (Å²) in [5, 5.41) is 7.03. The number of anilines is 1. The van der Waals surface area contributed by atoms with Crippen LogP contribution in [-0.4, -0.2) is 25.5 Å². The lowest BCUT2D eigenvalue weighted by Gasteiger charge is -2.11. The lowest BCUT2D eigenvalue weighted by Crippen LogP contribution is -2.14. The molecule has 27 heavy (non-hydrogen) atoms. The van der Waals surface area contributed by atoms with Gasteiger partial charge in [-0.15, -0.1) is 5.10 Å². The Morgan fingerprint density at radius 1 is 1.04 bits per heavy atom. The number of rotatable bonds is 4. The van der Waals surface area contributed by atoms with Crippen LogP contribution in [0.5, 0.6) is 11.5 Å². The van der Waals surface area contributed by atoms with Crippen LogP contribution in [0.2, 0.25) is 0 Å². The van der Waals surface area contributed by atoms with Gasteiger partial charge in [-0.1, -0.05) is 29.8 Å². The molecule has 134 valence electrons. The lowest BCUT2D eigenvalue weighted by molar-refractivity contribution is 0.101. The number of carbonyl (C=O) groups is 1. The number of hydrogen-bond donors (Lipinski definition) is 1. The van der Waals surface area contributed by atoms with Crippen molar-refractivity contribution < 1.29 is 9.53 Å². The van der Waals surface area contributed by atoms with Crippen LogP contribution in [0.15, 0.2) is 60.8 Å². The highest BCUT2D eigenvalue weighted by molar-refractivity contribution is 6.02. The second-order valence-electron chi connectivity index (χ2n) is 6.10. The zero-order valence-electron chi connectivity index (χ0n) is 14.9. The van der Waals surface area contributed by atoms with Crippen molar-refractivity contribution in [2.24, 2.45) is 0 Å². The summed E-state index contributed by atoms with van der Waals surface area (Å²) in [4.78, 5) is 20.9. The Hall–Kier alpha value is -3.74. The average molecular weight is 359 g/mol. The van der Waals surface area contributed by atoms with E-state index < -0.39 is 5.91 Å². The molecule has 0 fully saturated rings. The maximum Gasteiger partial charge on any atom is 0.295 e. The maximum absolute atomic E-state index is 12.6. The van der Waals surface area contributed by atoms with Gasteiger partial charge in [0.25, 0.3) is 11.7 Å². The molecule has 2 aromatic heterocycles. The van der Waals surface area contributed by atoms with E-state index in [-0.39, 0.29) is 5.82 Å². The van der Waals surface area contributed by atoms with Crippen LogP contribution in [0, 0.1) is 13.8 Å². The van der Waals surface area contributed by atoms with Crippen LogP contribution >= 0.6 is 0 Å². The van der Waals surface area contributed by atoms with Gasteiger partial charge in [0.2, 0.25) is 5.82 Å². The third-order valence-electron chi connectivity index (χ3n) is 4.02. The first kappa shape index (κ1) is 16.7. The quantitative estimate of drug-likeness (QED) is 0.600. The van der Waals surface area contributed by atoms with Crippen LogP contribution in [0.25, 0.3) is 5.78 Å². The first-order chi connectivity index (χ1) is 13.1. The Bertz CT molecular complexity index is 1120. The van der Waals surface area contributed by atoms with Crippen molar-refractivity contribution >= 4 is 17.4 Å². The lowest BCUT2D eigenvalue weighted by atomic mass is 10.2. The minimum Gasteiger partial charge on any atom is -0.455 e. The van der Waals surface area contributed by atoms with E-state index in [4.69, 9.17) is 4.74 Å². The van der Waals surface area contributed by atoms with Crippen LogP contribution in [-0.2, 0) is 0 Å². The van der Waals surface area contributed by atoms with Crippen LogP contribution < -0.4 is 10.1 Å². The molecule has 0 aliphatic rings. The number of para-hydroxylation sites is 2. The number of nitrogens with zero attached hydrogens (tertiary/aromatic N) is 4. The third kappa shape index (κ3) is 3.48. The molecule has 0 spiro atoms. The molecule has 0 bridgehead atoms. The molecule has 7 heteroatoms. The minimum absolute atomic E-state index is 0.0435. The topological polar surface area (TPSA) is 81.4 Å². The predicted molar refractivity (Wildman–Crippen MR) is 101 cm³/mol. The number of aromatic nitrogens is 4. The zero-order valence-corrected chi connectivity index (χ0v) is 14.9. The Morgan fingerprint density at radius 3 is 2.59 bits per heavy atom.